The first-order chi connectivity index (χ1) is 12.7. The molecule has 0 saturated carbocycles. The number of rotatable bonds is 5. The lowest BCUT2D eigenvalue weighted by atomic mass is 10.1. The van der Waals surface area contributed by atoms with Crippen molar-refractivity contribution in [2.45, 2.75) is 6.10 Å². The lowest BCUT2D eigenvalue weighted by Crippen LogP contribution is -2.47. The van der Waals surface area contributed by atoms with Gasteiger partial charge < -0.3 is 24.2 Å². The van der Waals surface area contributed by atoms with Gasteiger partial charge in [-0.1, -0.05) is 18.2 Å². The van der Waals surface area contributed by atoms with E-state index in [1.807, 2.05) is 36.4 Å². The summed E-state index contributed by atoms with van der Waals surface area (Å²) < 4.78 is 16.2. The van der Waals surface area contributed by atoms with Gasteiger partial charge >= 0.3 is 0 Å². The molecule has 1 atom stereocenters. The van der Waals surface area contributed by atoms with E-state index in [1.54, 1.807) is 7.11 Å². The standard InChI is InChI=1S/C20H24N2O4/c1-24-18-5-3-2-4-16(18)22-10-8-21(9-11-22)13-17(23)15-6-7-19-20(12-15)26-14-25-19/h2-7,12,17,23H,8-11,13-14H2,1H3/t17-/m1/s1. The summed E-state index contributed by atoms with van der Waals surface area (Å²) in [5, 5.41) is 10.6. The average Bonchev–Trinajstić information content (AvgIpc) is 3.16. The van der Waals surface area contributed by atoms with Crippen LogP contribution in [0.2, 0.25) is 0 Å². The number of methoxy groups -OCH3 is 1. The lowest BCUT2D eigenvalue weighted by Gasteiger charge is -2.37. The molecule has 0 bridgehead atoms. The van der Waals surface area contributed by atoms with E-state index in [4.69, 9.17) is 14.2 Å². The topological polar surface area (TPSA) is 54.4 Å². The van der Waals surface area contributed by atoms with Crippen molar-refractivity contribution in [3.63, 3.8) is 0 Å². The highest BCUT2D eigenvalue weighted by molar-refractivity contribution is 5.58. The monoisotopic (exact) mass is 356 g/mol. The molecule has 4 rings (SSSR count). The number of β-amino-alcohol motifs (C(OH)–C–C–N with tert-alkyl or cyclic N) is 1. The fourth-order valence-electron chi connectivity index (χ4n) is 3.53. The van der Waals surface area contributed by atoms with E-state index >= 15 is 0 Å². The minimum absolute atomic E-state index is 0.250. The van der Waals surface area contributed by atoms with Crippen molar-refractivity contribution in [2.75, 3.05) is 51.5 Å². The number of anilines is 1. The molecule has 26 heavy (non-hydrogen) atoms. The number of hydrogen-bond acceptors (Lipinski definition) is 6. The summed E-state index contributed by atoms with van der Waals surface area (Å²) >= 11 is 0. The van der Waals surface area contributed by atoms with Gasteiger partial charge in [0.15, 0.2) is 11.5 Å². The van der Waals surface area contributed by atoms with Gasteiger partial charge in [-0.25, -0.2) is 0 Å². The first-order valence-corrected chi connectivity index (χ1v) is 8.92. The summed E-state index contributed by atoms with van der Waals surface area (Å²) in [6, 6.07) is 13.7. The Balaban J connectivity index is 1.35. The zero-order valence-corrected chi connectivity index (χ0v) is 14.9. The molecule has 6 heteroatoms. The number of aliphatic hydroxyl groups is 1. The summed E-state index contributed by atoms with van der Waals surface area (Å²) in [6.45, 7) is 4.49. The molecule has 1 saturated heterocycles. The molecule has 0 aromatic heterocycles. The zero-order chi connectivity index (χ0) is 17.9. The second-order valence-electron chi connectivity index (χ2n) is 6.59. The highest BCUT2D eigenvalue weighted by atomic mass is 16.7. The highest BCUT2D eigenvalue weighted by Crippen LogP contribution is 2.34. The van der Waals surface area contributed by atoms with Crippen LogP contribution in [0.5, 0.6) is 17.2 Å². The van der Waals surface area contributed by atoms with Crippen LogP contribution in [0.4, 0.5) is 5.69 Å². The van der Waals surface area contributed by atoms with Crippen molar-refractivity contribution < 1.29 is 19.3 Å². The summed E-state index contributed by atoms with van der Waals surface area (Å²) in [4.78, 5) is 4.63. The van der Waals surface area contributed by atoms with Crippen molar-refractivity contribution in [3.8, 4) is 17.2 Å². The molecule has 2 aliphatic heterocycles. The molecule has 2 aromatic carbocycles. The van der Waals surface area contributed by atoms with Crippen LogP contribution in [0.3, 0.4) is 0 Å². The highest BCUT2D eigenvalue weighted by Gasteiger charge is 2.23. The lowest BCUT2D eigenvalue weighted by molar-refractivity contribution is 0.109. The maximum absolute atomic E-state index is 10.6. The van der Waals surface area contributed by atoms with Gasteiger partial charge in [0.05, 0.1) is 18.9 Å². The third kappa shape index (κ3) is 3.43. The van der Waals surface area contributed by atoms with E-state index in [1.165, 1.54) is 0 Å². The molecule has 0 unspecified atom stereocenters. The zero-order valence-electron chi connectivity index (χ0n) is 14.9. The van der Waals surface area contributed by atoms with Gasteiger partial charge in [-0.3, -0.25) is 4.90 Å². The van der Waals surface area contributed by atoms with Crippen LogP contribution in [0.15, 0.2) is 42.5 Å². The Hall–Kier alpha value is -2.44. The average molecular weight is 356 g/mol. The molecular formula is C20H24N2O4. The molecule has 1 fully saturated rings. The fourth-order valence-corrected chi connectivity index (χ4v) is 3.53. The molecule has 0 aliphatic carbocycles. The molecule has 2 heterocycles. The Bertz CT molecular complexity index is 759. The van der Waals surface area contributed by atoms with Crippen LogP contribution in [0.25, 0.3) is 0 Å². The van der Waals surface area contributed by atoms with Crippen LogP contribution >= 0.6 is 0 Å². The van der Waals surface area contributed by atoms with E-state index in [0.29, 0.717) is 12.3 Å². The van der Waals surface area contributed by atoms with Gasteiger partial charge in [0.25, 0.3) is 0 Å². The number of ether oxygens (including phenoxy) is 3. The molecule has 2 aliphatic rings. The molecule has 0 amide bonds. The summed E-state index contributed by atoms with van der Waals surface area (Å²) in [6.07, 6.45) is -0.540. The maximum Gasteiger partial charge on any atom is 0.231 e. The van der Waals surface area contributed by atoms with Gasteiger partial charge in [0.2, 0.25) is 6.79 Å². The Morgan fingerprint density at radius 3 is 2.62 bits per heavy atom. The molecular weight excluding hydrogens is 332 g/mol. The van der Waals surface area contributed by atoms with Gasteiger partial charge in [0, 0.05) is 32.7 Å². The van der Waals surface area contributed by atoms with Crippen LogP contribution in [-0.4, -0.2) is 56.6 Å². The van der Waals surface area contributed by atoms with E-state index in [-0.39, 0.29) is 6.79 Å². The van der Waals surface area contributed by atoms with Gasteiger partial charge in [-0.2, -0.15) is 0 Å². The number of para-hydroxylation sites is 2. The van der Waals surface area contributed by atoms with E-state index in [2.05, 4.69) is 15.9 Å². The van der Waals surface area contributed by atoms with Gasteiger partial charge in [-0.05, 0) is 29.8 Å². The van der Waals surface area contributed by atoms with Crippen LogP contribution < -0.4 is 19.1 Å². The third-order valence-corrected chi connectivity index (χ3v) is 5.01. The van der Waals surface area contributed by atoms with E-state index in [9.17, 15) is 5.11 Å². The quantitative estimate of drug-likeness (QED) is 0.887. The largest absolute Gasteiger partial charge is 0.495 e. The third-order valence-electron chi connectivity index (χ3n) is 5.01. The smallest absolute Gasteiger partial charge is 0.231 e. The minimum atomic E-state index is -0.540. The maximum atomic E-state index is 10.6. The molecule has 138 valence electrons. The number of hydrogen-bond donors (Lipinski definition) is 1. The van der Waals surface area contributed by atoms with Crippen molar-refractivity contribution in [3.05, 3.63) is 48.0 Å². The predicted octanol–water partition coefficient (Wildman–Crippen LogP) is 2.28. The Labute approximate surface area is 153 Å². The Morgan fingerprint density at radius 2 is 1.81 bits per heavy atom. The van der Waals surface area contributed by atoms with Crippen molar-refractivity contribution in [1.29, 1.82) is 0 Å². The van der Waals surface area contributed by atoms with Crippen molar-refractivity contribution >= 4 is 5.69 Å². The molecule has 1 N–H and O–H groups in total. The fraction of sp³-hybridized carbons (Fsp3) is 0.400. The van der Waals surface area contributed by atoms with E-state index < -0.39 is 6.10 Å². The number of piperazine rings is 1. The summed E-state index contributed by atoms with van der Waals surface area (Å²) in [5.41, 5.74) is 1.99. The van der Waals surface area contributed by atoms with Crippen molar-refractivity contribution in [2.24, 2.45) is 0 Å². The predicted molar refractivity (Wildman–Crippen MR) is 99.2 cm³/mol. The van der Waals surface area contributed by atoms with Gasteiger partial charge in [0.1, 0.15) is 5.75 Å². The van der Waals surface area contributed by atoms with Crippen LogP contribution in [-0.2, 0) is 0 Å². The number of aliphatic hydroxyl groups excluding tert-OH is 1. The van der Waals surface area contributed by atoms with Gasteiger partial charge in [-0.15, -0.1) is 0 Å². The number of nitrogens with zero attached hydrogens (tertiary/aromatic N) is 2. The minimum Gasteiger partial charge on any atom is -0.495 e. The first-order valence-electron chi connectivity index (χ1n) is 8.92. The second kappa shape index (κ2) is 7.43. The molecule has 0 radical (unpaired) electrons. The Morgan fingerprint density at radius 1 is 1.04 bits per heavy atom. The second-order valence-corrected chi connectivity index (χ2v) is 6.59. The Kier molecular flexibility index (Phi) is 4.86. The van der Waals surface area contributed by atoms with Crippen LogP contribution in [0.1, 0.15) is 11.7 Å². The normalized spacial score (nSPS) is 18.0. The van der Waals surface area contributed by atoms with Crippen molar-refractivity contribution in [1.82, 2.24) is 4.90 Å². The number of fused-ring (bicyclic) bond motifs is 1. The SMILES string of the molecule is COc1ccccc1N1CCN(C[C@@H](O)c2ccc3c(c2)OCO3)CC1. The molecule has 2 aromatic rings. The summed E-state index contributed by atoms with van der Waals surface area (Å²) in [5.74, 6) is 2.36. The summed E-state index contributed by atoms with van der Waals surface area (Å²) in [7, 11) is 1.71. The van der Waals surface area contributed by atoms with E-state index in [0.717, 1.165) is 48.9 Å². The first kappa shape index (κ1) is 17.0. The molecule has 0 spiro atoms. The molecule has 6 nitrogen and oxygen atoms in total. The van der Waals surface area contributed by atoms with Crippen LogP contribution in [0, 0.1) is 0 Å². The number of benzene rings is 2.